The fourth-order valence-electron chi connectivity index (χ4n) is 2.57. The number of para-hydroxylation sites is 1. The quantitative estimate of drug-likeness (QED) is 0.922. The number of ether oxygens (including phenoxy) is 1. The molecule has 1 fully saturated rings. The van der Waals surface area contributed by atoms with Crippen LogP contribution in [0.1, 0.15) is 19.4 Å². The number of carbonyl (C=O) groups excluding carboxylic acids is 1. The largest absolute Gasteiger partial charge is 0.496 e. The van der Waals surface area contributed by atoms with Gasteiger partial charge >= 0.3 is 6.03 Å². The summed E-state index contributed by atoms with van der Waals surface area (Å²) in [7, 11) is 1.64. The maximum atomic E-state index is 12.2. The molecule has 0 bridgehead atoms. The Labute approximate surface area is 126 Å². The third-order valence-electron chi connectivity index (χ3n) is 3.95. The summed E-state index contributed by atoms with van der Waals surface area (Å²) in [5.41, 5.74) is 0.995. The second-order valence-corrected chi connectivity index (χ2v) is 5.59. The van der Waals surface area contributed by atoms with Gasteiger partial charge in [-0.3, -0.25) is 4.90 Å². The van der Waals surface area contributed by atoms with Crippen LogP contribution in [-0.2, 0) is 6.54 Å². The topological polar surface area (TPSA) is 44.8 Å². The number of hydrogen-bond acceptors (Lipinski definition) is 3. The molecule has 1 aliphatic rings. The van der Waals surface area contributed by atoms with Gasteiger partial charge in [-0.25, -0.2) is 4.79 Å². The summed E-state index contributed by atoms with van der Waals surface area (Å²) in [6.45, 7) is 8.34. The highest BCUT2D eigenvalue weighted by Gasteiger charge is 2.22. The highest BCUT2D eigenvalue weighted by atomic mass is 16.5. The number of piperazine rings is 1. The summed E-state index contributed by atoms with van der Waals surface area (Å²) in [4.78, 5) is 16.5. The van der Waals surface area contributed by atoms with Gasteiger partial charge in [-0.15, -0.1) is 0 Å². The van der Waals surface area contributed by atoms with Crippen LogP contribution in [0.25, 0.3) is 0 Å². The van der Waals surface area contributed by atoms with Crippen LogP contribution in [0.4, 0.5) is 4.79 Å². The van der Waals surface area contributed by atoms with E-state index >= 15 is 0 Å². The van der Waals surface area contributed by atoms with Gasteiger partial charge in [0.05, 0.1) is 7.11 Å². The van der Waals surface area contributed by atoms with E-state index in [1.165, 1.54) is 0 Å². The summed E-state index contributed by atoms with van der Waals surface area (Å²) >= 11 is 0. The monoisotopic (exact) mass is 291 g/mol. The van der Waals surface area contributed by atoms with E-state index in [-0.39, 0.29) is 6.03 Å². The second-order valence-electron chi connectivity index (χ2n) is 5.59. The minimum Gasteiger partial charge on any atom is -0.496 e. The van der Waals surface area contributed by atoms with Crippen molar-refractivity contribution in [3.8, 4) is 5.75 Å². The minimum absolute atomic E-state index is 0.00399. The van der Waals surface area contributed by atoms with Gasteiger partial charge in [-0.2, -0.15) is 0 Å². The normalized spacial score (nSPS) is 16.1. The van der Waals surface area contributed by atoms with Crippen molar-refractivity contribution >= 4 is 6.03 Å². The predicted molar refractivity (Wildman–Crippen MR) is 83.5 cm³/mol. The maximum Gasteiger partial charge on any atom is 0.317 e. The van der Waals surface area contributed by atoms with Gasteiger partial charge in [0, 0.05) is 44.3 Å². The number of nitrogens with zero attached hydrogens (tertiary/aromatic N) is 2. The average molecular weight is 291 g/mol. The lowest BCUT2D eigenvalue weighted by Gasteiger charge is -2.36. The Morgan fingerprint density at radius 3 is 2.52 bits per heavy atom. The van der Waals surface area contributed by atoms with E-state index in [1.807, 2.05) is 29.2 Å². The fourth-order valence-corrected chi connectivity index (χ4v) is 2.57. The Morgan fingerprint density at radius 2 is 1.90 bits per heavy atom. The summed E-state index contributed by atoms with van der Waals surface area (Å²) in [6.07, 6.45) is 0. The smallest absolute Gasteiger partial charge is 0.317 e. The molecular weight excluding hydrogens is 266 g/mol. The van der Waals surface area contributed by atoms with E-state index in [4.69, 9.17) is 4.74 Å². The van der Waals surface area contributed by atoms with Crippen molar-refractivity contribution in [2.75, 3.05) is 33.3 Å². The SMILES string of the molecule is COc1ccccc1CNC(=O)N1CCN(C(C)C)CC1. The summed E-state index contributed by atoms with van der Waals surface area (Å²) in [5.74, 6) is 0.808. The molecule has 1 aromatic carbocycles. The Kier molecular flexibility index (Phi) is 5.44. The third-order valence-corrected chi connectivity index (χ3v) is 3.95. The summed E-state index contributed by atoms with van der Waals surface area (Å²) in [6, 6.07) is 8.30. The molecule has 5 heteroatoms. The van der Waals surface area contributed by atoms with Gasteiger partial charge in [-0.05, 0) is 19.9 Å². The van der Waals surface area contributed by atoms with Gasteiger partial charge in [0.15, 0.2) is 0 Å². The van der Waals surface area contributed by atoms with Crippen molar-refractivity contribution in [1.29, 1.82) is 0 Å². The number of benzene rings is 1. The number of amides is 2. The second kappa shape index (κ2) is 7.31. The molecule has 0 unspecified atom stereocenters. The molecule has 0 spiro atoms. The first-order chi connectivity index (χ1) is 10.1. The molecule has 0 saturated carbocycles. The zero-order valence-corrected chi connectivity index (χ0v) is 13.1. The molecule has 0 radical (unpaired) electrons. The molecular formula is C16H25N3O2. The zero-order chi connectivity index (χ0) is 15.2. The molecule has 2 amide bonds. The number of carbonyl (C=O) groups is 1. The van der Waals surface area contributed by atoms with Crippen molar-refractivity contribution in [2.24, 2.45) is 0 Å². The summed E-state index contributed by atoms with van der Waals surface area (Å²) in [5, 5.41) is 2.98. The molecule has 1 saturated heterocycles. The molecule has 116 valence electrons. The standard InChI is InChI=1S/C16H25N3O2/c1-13(2)18-8-10-19(11-9-18)16(20)17-12-14-6-4-5-7-15(14)21-3/h4-7,13H,8-12H2,1-3H3,(H,17,20). The van der Waals surface area contributed by atoms with Crippen LogP contribution >= 0.6 is 0 Å². The Hall–Kier alpha value is -1.75. The molecule has 1 heterocycles. The molecule has 0 atom stereocenters. The van der Waals surface area contributed by atoms with E-state index < -0.39 is 0 Å². The summed E-state index contributed by atoms with van der Waals surface area (Å²) < 4.78 is 5.29. The molecule has 1 N–H and O–H groups in total. The van der Waals surface area contributed by atoms with Gasteiger partial charge in [0.2, 0.25) is 0 Å². The van der Waals surface area contributed by atoms with Gasteiger partial charge in [0.25, 0.3) is 0 Å². The van der Waals surface area contributed by atoms with Crippen LogP contribution in [0.3, 0.4) is 0 Å². The van der Waals surface area contributed by atoms with E-state index in [2.05, 4.69) is 24.1 Å². The lowest BCUT2D eigenvalue weighted by atomic mass is 10.2. The zero-order valence-electron chi connectivity index (χ0n) is 13.1. The maximum absolute atomic E-state index is 12.2. The molecule has 2 rings (SSSR count). The average Bonchev–Trinajstić information content (AvgIpc) is 2.52. The van der Waals surface area contributed by atoms with Crippen molar-refractivity contribution in [1.82, 2.24) is 15.1 Å². The number of urea groups is 1. The van der Waals surface area contributed by atoms with E-state index in [0.29, 0.717) is 12.6 Å². The van der Waals surface area contributed by atoms with Crippen molar-refractivity contribution in [3.05, 3.63) is 29.8 Å². The minimum atomic E-state index is 0.00399. The van der Waals surface area contributed by atoms with Crippen LogP contribution < -0.4 is 10.1 Å². The molecule has 1 aromatic rings. The first kappa shape index (κ1) is 15.6. The third kappa shape index (κ3) is 4.11. The van der Waals surface area contributed by atoms with Crippen molar-refractivity contribution < 1.29 is 9.53 Å². The highest BCUT2D eigenvalue weighted by Crippen LogP contribution is 2.16. The molecule has 5 nitrogen and oxygen atoms in total. The Balaban J connectivity index is 1.83. The molecule has 21 heavy (non-hydrogen) atoms. The number of hydrogen-bond donors (Lipinski definition) is 1. The van der Waals surface area contributed by atoms with Crippen LogP contribution in [0.2, 0.25) is 0 Å². The van der Waals surface area contributed by atoms with Crippen molar-refractivity contribution in [3.63, 3.8) is 0 Å². The van der Waals surface area contributed by atoms with Gasteiger partial charge in [-0.1, -0.05) is 18.2 Å². The molecule has 1 aliphatic heterocycles. The van der Waals surface area contributed by atoms with Crippen LogP contribution in [-0.4, -0.2) is 55.2 Å². The van der Waals surface area contributed by atoms with E-state index in [9.17, 15) is 4.79 Å². The van der Waals surface area contributed by atoms with Crippen LogP contribution in [0, 0.1) is 0 Å². The first-order valence-electron chi connectivity index (χ1n) is 7.50. The lowest BCUT2D eigenvalue weighted by Crippen LogP contribution is -2.53. The van der Waals surface area contributed by atoms with Gasteiger partial charge in [0.1, 0.15) is 5.75 Å². The number of rotatable bonds is 4. The van der Waals surface area contributed by atoms with E-state index in [0.717, 1.165) is 37.5 Å². The predicted octanol–water partition coefficient (Wildman–Crippen LogP) is 1.93. The van der Waals surface area contributed by atoms with Crippen LogP contribution in [0.5, 0.6) is 5.75 Å². The number of methoxy groups -OCH3 is 1. The Bertz CT molecular complexity index is 468. The Morgan fingerprint density at radius 1 is 1.24 bits per heavy atom. The lowest BCUT2D eigenvalue weighted by molar-refractivity contribution is 0.119. The fraction of sp³-hybridized carbons (Fsp3) is 0.562. The number of nitrogens with one attached hydrogen (secondary N) is 1. The molecule has 0 aromatic heterocycles. The van der Waals surface area contributed by atoms with Gasteiger partial charge < -0.3 is 15.0 Å². The first-order valence-corrected chi connectivity index (χ1v) is 7.50. The van der Waals surface area contributed by atoms with E-state index in [1.54, 1.807) is 7.11 Å². The molecule has 0 aliphatic carbocycles. The van der Waals surface area contributed by atoms with Crippen molar-refractivity contribution in [2.45, 2.75) is 26.4 Å². The highest BCUT2D eigenvalue weighted by molar-refractivity contribution is 5.74. The van der Waals surface area contributed by atoms with Crippen LogP contribution in [0.15, 0.2) is 24.3 Å².